The molecule has 0 spiro atoms. The van der Waals surface area contributed by atoms with Crippen molar-refractivity contribution in [2.24, 2.45) is 5.92 Å². The second-order valence-corrected chi connectivity index (χ2v) is 5.65. The highest BCUT2D eigenvalue weighted by molar-refractivity contribution is 5.92. The Morgan fingerprint density at radius 3 is 2.52 bits per heavy atom. The van der Waals surface area contributed by atoms with Gasteiger partial charge in [-0.3, -0.25) is 14.5 Å². The van der Waals surface area contributed by atoms with Gasteiger partial charge in [0.1, 0.15) is 0 Å². The summed E-state index contributed by atoms with van der Waals surface area (Å²) in [7, 11) is 1.41. The highest BCUT2D eigenvalue weighted by atomic mass is 16.5. The van der Waals surface area contributed by atoms with Crippen molar-refractivity contribution in [3.05, 3.63) is 29.8 Å². The number of carbonyl (C=O) groups is 2. The first-order chi connectivity index (χ1) is 11.1. The van der Waals surface area contributed by atoms with E-state index in [9.17, 15) is 9.59 Å². The lowest BCUT2D eigenvalue weighted by molar-refractivity contribution is -0.147. The first-order valence-corrected chi connectivity index (χ1v) is 7.68. The molecule has 1 amide bonds. The Bertz CT molecular complexity index is 584. The molecule has 1 aliphatic heterocycles. The summed E-state index contributed by atoms with van der Waals surface area (Å²) < 4.78 is 4.76. The van der Waals surface area contributed by atoms with Crippen molar-refractivity contribution in [3.8, 4) is 6.07 Å². The van der Waals surface area contributed by atoms with Crippen molar-refractivity contribution in [1.82, 2.24) is 4.90 Å². The summed E-state index contributed by atoms with van der Waals surface area (Å²) in [4.78, 5) is 25.6. The maximum absolute atomic E-state index is 12.1. The van der Waals surface area contributed by atoms with Crippen LogP contribution in [0.3, 0.4) is 0 Å². The molecule has 1 saturated heterocycles. The molecule has 23 heavy (non-hydrogen) atoms. The molecule has 0 unspecified atom stereocenters. The Kier molecular flexibility index (Phi) is 6.12. The molecule has 1 heterocycles. The molecular weight excluding hydrogens is 294 g/mol. The molecule has 0 bridgehead atoms. The molecule has 0 aromatic heterocycles. The Morgan fingerprint density at radius 2 is 1.96 bits per heavy atom. The number of hydrogen-bond acceptors (Lipinski definition) is 5. The highest BCUT2D eigenvalue weighted by Gasteiger charge is 2.26. The van der Waals surface area contributed by atoms with E-state index in [-0.39, 0.29) is 17.8 Å². The lowest BCUT2D eigenvalue weighted by Gasteiger charge is -2.29. The molecular formula is C17H21N3O3. The van der Waals surface area contributed by atoms with Gasteiger partial charge in [0.05, 0.1) is 32.1 Å². The normalized spacial score (nSPS) is 15.7. The fourth-order valence-corrected chi connectivity index (χ4v) is 2.69. The number of esters is 1. The number of nitrogens with one attached hydrogen (secondary N) is 1. The summed E-state index contributed by atoms with van der Waals surface area (Å²) in [6, 6.07) is 9.35. The van der Waals surface area contributed by atoms with Crippen LogP contribution in [-0.4, -0.2) is 43.5 Å². The maximum atomic E-state index is 12.1. The minimum atomic E-state index is -0.161. The van der Waals surface area contributed by atoms with Gasteiger partial charge in [0.15, 0.2) is 0 Å². The van der Waals surface area contributed by atoms with Crippen LogP contribution < -0.4 is 5.32 Å². The van der Waals surface area contributed by atoms with Crippen LogP contribution in [0.5, 0.6) is 0 Å². The molecule has 0 radical (unpaired) electrons. The molecule has 2 rings (SSSR count). The Morgan fingerprint density at radius 1 is 1.30 bits per heavy atom. The summed E-state index contributed by atoms with van der Waals surface area (Å²) >= 11 is 0. The number of nitriles is 1. The van der Waals surface area contributed by atoms with Gasteiger partial charge in [-0.15, -0.1) is 0 Å². The van der Waals surface area contributed by atoms with Crippen LogP contribution in [0.15, 0.2) is 24.3 Å². The van der Waals surface area contributed by atoms with E-state index in [0.717, 1.165) is 24.1 Å². The molecule has 6 nitrogen and oxygen atoms in total. The number of rotatable bonds is 5. The van der Waals surface area contributed by atoms with Gasteiger partial charge in [0.25, 0.3) is 0 Å². The van der Waals surface area contributed by atoms with Gasteiger partial charge in [-0.05, 0) is 43.6 Å². The van der Waals surface area contributed by atoms with Crippen molar-refractivity contribution >= 4 is 17.6 Å². The quantitative estimate of drug-likeness (QED) is 0.834. The fourth-order valence-electron chi connectivity index (χ4n) is 2.69. The number of hydrogen-bond donors (Lipinski definition) is 1. The third kappa shape index (κ3) is 5.08. The van der Waals surface area contributed by atoms with E-state index < -0.39 is 0 Å². The van der Waals surface area contributed by atoms with Crippen LogP contribution in [0.25, 0.3) is 0 Å². The molecule has 6 heteroatoms. The third-order valence-corrected chi connectivity index (χ3v) is 4.01. The molecule has 1 aliphatic rings. The van der Waals surface area contributed by atoms with E-state index in [4.69, 9.17) is 10.00 Å². The first kappa shape index (κ1) is 17.0. The summed E-state index contributed by atoms with van der Waals surface area (Å²) in [6.45, 7) is 1.75. The van der Waals surface area contributed by atoms with Crippen LogP contribution in [0, 0.1) is 17.2 Å². The second kappa shape index (κ2) is 8.30. The average Bonchev–Trinajstić information content (AvgIpc) is 2.57. The van der Waals surface area contributed by atoms with Gasteiger partial charge in [0.2, 0.25) is 5.91 Å². The van der Waals surface area contributed by atoms with Crippen LogP contribution >= 0.6 is 0 Å². The number of methoxy groups -OCH3 is 1. The van der Waals surface area contributed by atoms with E-state index in [0.29, 0.717) is 26.1 Å². The van der Waals surface area contributed by atoms with Crippen molar-refractivity contribution in [3.63, 3.8) is 0 Å². The smallest absolute Gasteiger partial charge is 0.308 e. The SMILES string of the molecule is COC(=O)C1CCN(CC(=O)Nc2ccc(CC#N)cc2)CC1. The number of amides is 1. The number of ether oxygens (including phenoxy) is 1. The summed E-state index contributed by atoms with van der Waals surface area (Å²) in [5.74, 6) is -0.284. The monoisotopic (exact) mass is 315 g/mol. The molecule has 0 atom stereocenters. The van der Waals surface area contributed by atoms with E-state index in [2.05, 4.69) is 11.4 Å². The van der Waals surface area contributed by atoms with Crippen molar-refractivity contribution < 1.29 is 14.3 Å². The number of nitrogens with zero attached hydrogens (tertiary/aromatic N) is 2. The molecule has 1 aromatic rings. The summed E-state index contributed by atoms with van der Waals surface area (Å²) in [6.07, 6.45) is 1.81. The third-order valence-electron chi connectivity index (χ3n) is 4.01. The second-order valence-electron chi connectivity index (χ2n) is 5.65. The first-order valence-electron chi connectivity index (χ1n) is 7.68. The van der Waals surface area contributed by atoms with E-state index in [1.54, 1.807) is 12.1 Å². The zero-order chi connectivity index (χ0) is 16.7. The Labute approximate surface area is 136 Å². The fraction of sp³-hybridized carbons (Fsp3) is 0.471. The lowest BCUT2D eigenvalue weighted by Crippen LogP contribution is -2.41. The van der Waals surface area contributed by atoms with Gasteiger partial charge in [0, 0.05) is 5.69 Å². The standard InChI is InChI=1S/C17H21N3O3/c1-23-17(22)14-7-10-20(11-8-14)12-16(21)19-15-4-2-13(3-5-15)6-9-18/h2-5,14H,6-8,10-12H2,1H3,(H,19,21). The van der Waals surface area contributed by atoms with Crippen LogP contribution in [-0.2, 0) is 20.7 Å². The van der Waals surface area contributed by atoms with Gasteiger partial charge in [-0.2, -0.15) is 5.26 Å². The molecule has 1 fully saturated rings. The van der Waals surface area contributed by atoms with Crippen LogP contribution in [0.4, 0.5) is 5.69 Å². The maximum Gasteiger partial charge on any atom is 0.308 e. The zero-order valence-corrected chi connectivity index (χ0v) is 13.2. The molecule has 0 saturated carbocycles. The van der Waals surface area contributed by atoms with Crippen molar-refractivity contribution in [2.75, 3.05) is 32.1 Å². The molecule has 122 valence electrons. The van der Waals surface area contributed by atoms with Crippen LogP contribution in [0.2, 0.25) is 0 Å². The number of carbonyl (C=O) groups excluding carboxylic acids is 2. The Hall–Kier alpha value is -2.39. The minimum absolute atomic E-state index is 0.0491. The van der Waals surface area contributed by atoms with E-state index >= 15 is 0 Å². The number of benzene rings is 1. The molecule has 1 aromatic carbocycles. The molecule has 1 N–H and O–H groups in total. The predicted octanol–water partition coefficient (Wildman–Crippen LogP) is 1.58. The minimum Gasteiger partial charge on any atom is -0.469 e. The van der Waals surface area contributed by atoms with Gasteiger partial charge >= 0.3 is 5.97 Å². The highest BCUT2D eigenvalue weighted by Crippen LogP contribution is 2.18. The lowest BCUT2D eigenvalue weighted by atomic mass is 9.97. The van der Waals surface area contributed by atoms with Gasteiger partial charge in [-0.25, -0.2) is 0 Å². The predicted molar refractivity (Wildman–Crippen MR) is 85.6 cm³/mol. The number of piperidine rings is 1. The largest absolute Gasteiger partial charge is 0.469 e. The van der Waals surface area contributed by atoms with Gasteiger partial charge < -0.3 is 10.1 Å². The van der Waals surface area contributed by atoms with E-state index in [1.165, 1.54) is 7.11 Å². The van der Waals surface area contributed by atoms with Crippen LogP contribution in [0.1, 0.15) is 18.4 Å². The number of anilines is 1. The topological polar surface area (TPSA) is 82.4 Å². The van der Waals surface area contributed by atoms with Crippen molar-refractivity contribution in [1.29, 1.82) is 5.26 Å². The average molecular weight is 315 g/mol. The van der Waals surface area contributed by atoms with Gasteiger partial charge in [-0.1, -0.05) is 12.1 Å². The zero-order valence-electron chi connectivity index (χ0n) is 13.2. The molecule has 0 aliphatic carbocycles. The van der Waals surface area contributed by atoms with Crippen molar-refractivity contribution in [2.45, 2.75) is 19.3 Å². The van der Waals surface area contributed by atoms with E-state index in [1.807, 2.05) is 17.0 Å². The summed E-state index contributed by atoms with van der Waals surface area (Å²) in [5, 5.41) is 11.5. The summed E-state index contributed by atoms with van der Waals surface area (Å²) in [5.41, 5.74) is 1.65. The number of likely N-dealkylation sites (tertiary alicyclic amines) is 1. The Balaban J connectivity index is 1.77.